The standard InChI is InChI=1S/C19H14ClN3O4S/c1-28(26,27)15-8-4-13(5-9-15)17-16(12-2-6-14(20)7-3-12)18(19(24)25)23(22-17)11-10-21/h2-9H,11H2,1H3,(H,24,25). The zero-order valence-electron chi connectivity index (χ0n) is 14.6. The lowest BCUT2D eigenvalue weighted by atomic mass is 9.99. The first-order valence-electron chi connectivity index (χ1n) is 8.00. The van der Waals surface area contributed by atoms with Crippen LogP contribution in [0.5, 0.6) is 0 Å². The molecule has 142 valence electrons. The van der Waals surface area contributed by atoms with Crippen LogP contribution in [0.1, 0.15) is 10.5 Å². The van der Waals surface area contributed by atoms with E-state index in [0.717, 1.165) is 10.9 Å². The molecular weight excluding hydrogens is 402 g/mol. The fourth-order valence-electron chi connectivity index (χ4n) is 2.81. The van der Waals surface area contributed by atoms with Crippen molar-refractivity contribution in [1.29, 1.82) is 5.26 Å². The molecule has 1 aromatic heterocycles. The van der Waals surface area contributed by atoms with Crippen LogP contribution in [0.4, 0.5) is 0 Å². The predicted octanol–water partition coefficient (Wildman–Crippen LogP) is 3.50. The molecule has 3 rings (SSSR count). The quantitative estimate of drug-likeness (QED) is 0.682. The largest absolute Gasteiger partial charge is 0.477 e. The van der Waals surface area contributed by atoms with Crippen molar-refractivity contribution in [3.63, 3.8) is 0 Å². The lowest BCUT2D eigenvalue weighted by Gasteiger charge is -2.06. The Labute approximate surface area is 166 Å². The van der Waals surface area contributed by atoms with Gasteiger partial charge in [-0.25, -0.2) is 17.9 Å². The number of carboxylic acid groups (broad SMARTS) is 1. The second-order valence-electron chi connectivity index (χ2n) is 6.00. The van der Waals surface area contributed by atoms with Crippen molar-refractivity contribution >= 4 is 27.4 Å². The zero-order valence-corrected chi connectivity index (χ0v) is 16.2. The molecule has 0 fully saturated rings. The second-order valence-corrected chi connectivity index (χ2v) is 8.45. The van der Waals surface area contributed by atoms with Crippen LogP contribution in [0.3, 0.4) is 0 Å². The van der Waals surface area contributed by atoms with Gasteiger partial charge in [0.15, 0.2) is 15.5 Å². The fraction of sp³-hybridized carbons (Fsp3) is 0.105. The number of rotatable bonds is 5. The molecular formula is C19H14ClN3O4S. The SMILES string of the molecule is CS(=O)(=O)c1ccc(-c2nn(CC#N)c(C(=O)O)c2-c2ccc(Cl)cc2)cc1. The van der Waals surface area contributed by atoms with Gasteiger partial charge in [-0.05, 0) is 29.8 Å². The average molecular weight is 416 g/mol. The van der Waals surface area contributed by atoms with Gasteiger partial charge in [-0.15, -0.1) is 0 Å². The predicted molar refractivity (Wildman–Crippen MR) is 104 cm³/mol. The number of nitrogens with zero attached hydrogens (tertiary/aromatic N) is 3. The second kappa shape index (κ2) is 7.46. The minimum Gasteiger partial charge on any atom is -0.477 e. The molecule has 1 heterocycles. The van der Waals surface area contributed by atoms with E-state index in [4.69, 9.17) is 16.9 Å². The molecule has 0 spiro atoms. The van der Waals surface area contributed by atoms with Crippen molar-refractivity contribution < 1.29 is 18.3 Å². The third-order valence-electron chi connectivity index (χ3n) is 4.06. The molecule has 0 bridgehead atoms. The van der Waals surface area contributed by atoms with Gasteiger partial charge in [0, 0.05) is 22.4 Å². The average Bonchev–Trinajstić information content (AvgIpc) is 3.01. The van der Waals surface area contributed by atoms with Gasteiger partial charge in [-0.3, -0.25) is 0 Å². The van der Waals surface area contributed by atoms with Gasteiger partial charge < -0.3 is 5.11 Å². The van der Waals surface area contributed by atoms with Gasteiger partial charge in [0.25, 0.3) is 0 Å². The number of hydrogen-bond donors (Lipinski definition) is 1. The summed E-state index contributed by atoms with van der Waals surface area (Å²) >= 11 is 5.94. The summed E-state index contributed by atoms with van der Waals surface area (Å²) in [5, 5.41) is 23.6. The summed E-state index contributed by atoms with van der Waals surface area (Å²) < 4.78 is 24.5. The third-order valence-corrected chi connectivity index (χ3v) is 5.44. The first-order valence-corrected chi connectivity index (χ1v) is 10.3. The minimum atomic E-state index is -3.37. The Morgan fingerprint density at radius 3 is 2.21 bits per heavy atom. The Morgan fingerprint density at radius 1 is 1.14 bits per heavy atom. The molecule has 0 unspecified atom stereocenters. The van der Waals surface area contributed by atoms with Crippen molar-refractivity contribution in [2.75, 3.05) is 6.26 Å². The van der Waals surface area contributed by atoms with Crippen LogP contribution in [0.2, 0.25) is 5.02 Å². The van der Waals surface area contributed by atoms with E-state index in [1.54, 1.807) is 36.4 Å². The van der Waals surface area contributed by atoms with Gasteiger partial charge in [-0.2, -0.15) is 10.4 Å². The highest BCUT2D eigenvalue weighted by atomic mass is 35.5. The van der Waals surface area contributed by atoms with E-state index in [1.165, 1.54) is 12.1 Å². The fourth-order valence-corrected chi connectivity index (χ4v) is 3.57. The maximum absolute atomic E-state index is 11.9. The first-order chi connectivity index (χ1) is 13.2. The molecule has 1 N–H and O–H groups in total. The van der Waals surface area contributed by atoms with Gasteiger partial charge >= 0.3 is 5.97 Å². The summed E-state index contributed by atoms with van der Waals surface area (Å²) in [4.78, 5) is 12.1. The van der Waals surface area contributed by atoms with E-state index in [1.807, 2.05) is 6.07 Å². The van der Waals surface area contributed by atoms with E-state index in [0.29, 0.717) is 27.4 Å². The lowest BCUT2D eigenvalue weighted by Crippen LogP contribution is -2.10. The molecule has 3 aromatic rings. The van der Waals surface area contributed by atoms with Crippen molar-refractivity contribution in [2.24, 2.45) is 0 Å². The highest BCUT2D eigenvalue weighted by Gasteiger charge is 2.25. The van der Waals surface area contributed by atoms with Crippen LogP contribution in [0.25, 0.3) is 22.4 Å². The third kappa shape index (κ3) is 3.76. The van der Waals surface area contributed by atoms with Crippen molar-refractivity contribution in [3.05, 3.63) is 59.2 Å². The monoisotopic (exact) mass is 415 g/mol. The smallest absolute Gasteiger partial charge is 0.354 e. The Bertz CT molecular complexity index is 1190. The Kier molecular flexibility index (Phi) is 5.23. The Hall–Kier alpha value is -3.15. The number of hydrogen-bond acceptors (Lipinski definition) is 5. The summed E-state index contributed by atoms with van der Waals surface area (Å²) in [5.74, 6) is -1.23. The van der Waals surface area contributed by atoms with Crippen molar-refractivity contribution in [3.8, 4) is 28.5 Å². The van der Waals surface area contributed by atoms with Gasteiger partial charge in [0.2, 0.25) is 0 Å². The number of sulfone groups is 1. The molecule has 2 aromatic carbocycles. The molecule has 0 amide bonds. The molecule has 0 aliphatic heterocycles. The lowest BCUT2D eigenvalue weighted by molar-refractivity contribution is 0.0685. The highest BCUT2D eigenvalue weighted by molar-refractivity contribution is 7.90. The topological polar surface area (TPSA) is 113 Å². The van der Waals surface area contributed by atoms with Crippen molar-refractivity contribution in [2.45, 2.75) is 11.4 Å². The van der Waals surface area contributed by atoms with Crippen LogP contribution < -0.4 is 0 Å². The molecule has 0 aliphatic rings. The van der Waals surface area contributed by atoms with E-state index in [9.17, 15) is 18.3 Å². The molecule has 0 aliphatic carbocycles. The number of carbonyl (C=O) groups is 1. The molecule has 9 heteroatoms. The maximum Gasteiger partial charge on any atom is 0.354 e. The molecule has 0 radical (unpaired) electrons. The number of benzene rings is 2. The Balaban J connectivity index is 2.28. The summed E-state index contributed by atoms with van der Waals surface area (Å²) in [7, 11) is -3.37. The summed E-state index contributed by atoms with van der Waals surface area (Å²) in [6, 6.07) is 14.4. The molecule has 0 saturated carbocycles. The van der Waals surface area contributed by atoms with Gasteiger partial charge in [0.1, 0.15) is 12.2 Å². The van der Waals surface area contributed by atoms with E-state index in [2.05, 4.69) is 5.10 Å². The van der Waals surface area contributed by atoms with Crippen LogP contribution in [-0.4, -0.2) is 35.5 Å². The number of halogens is 1. The molecule has 28 heavy (non-hydrogen) atoms. The summed E-state index contributed by atoms with van der Waals surface area (Å²) in [5.41, 5.74) is 1.61. The van der Waals surface area contributed by atoms with E-state index in [-0.39, 0.29) is 17.1 Å². The van der Waals surface area contributed by atoms with Crippen LogP contribution in [0, 0.1) is 11.3 Å². The van der Waals surface area contributed by atoms with E-state index >= 15 is 0 Å². The normalized spacial score (nSPS) is 11.2. The van der Waals surface area contributed by atoms with Crippen LogP contribution in [0.15, 0.2) is 53.4 Å². The number of nitriles is 1. The summed E-state index contributed by atoms with van der Waals surface area (Å²) in [6.07, 6.45) is 1.10. The number of carboxylic acids is 1. The highest BCUT2D eigenvalue weighted by Crippen LogP contribution is 2.35. The minimum absolute atomic E-state index is 0.133. The Morgan fingerprint density at radius 2 is 1.71 bits per heavy atom. The number of aromatic nitrogens is 2. The molecule has 0 saturated heterocycles. The van der Waals surface area contributed by atoms with Crippen molar-refractivity contribution in [1.82, 2.24) is 9.78 Å². The van der Waals surface area contributed by atoms with E-state index < -0.39 is 15.8 Å². The molecule has 0 atom stereocenters. The van der Waals surface area contributed by atoms with Crippen LogP contribution in [-0.2, 0) is 16.4 Å². The maximum atomic E-state index is 11.9. The zero-order chi connectivity index (χ0) is 20.5. The van der Waals surface area contributed by atoms with Gasteiger partial charge in [-0.1, -0.05) is 35.9 Å². The van der Waals surface area contributed by atoms with Crippen LogP contribution >= 0.6 is 11.6 Å². The summed E-state index contributed by atoms with van der Waals surface area (Å²) in [6.45, 7) is -0.246. The molecule has 7 nitrogen and oxygen atoms in total. The van der Waals surface area contributed by atoms with Gasteiger partial charge in [0.05, 0.1) is 11.0 Å². The first kappa shape index (κ1) is 19.6. The number of aromatic carboxylic acids is 1.